The molecule has 0 saturated carbocycles. The maximum absolute atomic E-state index is 12.6. The van der Waals surface area contributed by atoms with Crippen molar-refractivity contribution in [2.45, 2.75) is 64.8 Å². The van der Waals surface area contributed by atoms with Gasteiger partial charge in [0.05, 0.1) is 12.1 Å². The normalized spacial score (nSPS) is 19.2. The van der Waals surface area contributed by atoms with Gasteiger partial charge in [-0.05, 0) is 50.3 Å². The summed E-state index contributed by atoms with van der Waals surface area (Å²) in [7, 11) is 0. The fourth-order valence-corrected chi connectivity index (χ4v) is 2.90. The predicted octanol–water partition coefficient (Wildman–Crippen LogP) is 2.23. The molecule has 5 heteroatoms. The number of hydrogen-bond donors (Lipinski definition) is 2. The number of carbonyl (C=O) groups is 1. The lowest BCUT2D eigenvalue weighted by Crippen LogP contribution is -2.53. The van der Waals surface area contributed by atoms with E-state index in [-0.39, 0.29) is 12.6 Å². The molecule has 0 radical (unpaired) electrons. The van der Waals surface area contributed by atoms with Gasteiger partial charge in [0.15, 0.2) is 0 Å². The van der Waals surface area contributed by atoms with E-state index in [0.717, 1.165) is 12.0 Å². The highest BCUT2D eigenvalue weighted by molar-refractivity contribution is 5.69. The smallest absolute Gasteiger partial charge is 0.410 e. The number of rotatable bonds is 3. The molecule has 2 atom stereocenters. The third kappa shape index (κ3) is 4.24. The second-order valence-corrected chi connectivity index (χ2v) is 7.14. The first kappa shape index (κ1) is 17.8. The molecule has 0 bridgehead atoms. The van der Waals surface area contributed by atoms with Gasteiger partial charge in [0.1, 0.15) is 5.60 Å². The number of amides is 1. The minimum atomic E-state index is -0.762. The molecule has 2 rings (SSSR count). The lowest BCUT2D eigenvalue weighted by molar-refractivity contribution is -0.0101. The highest BCUT2D eigenvalue weighted by atomic mass is 16.6. The molecule has 0 aliphatic carbocycles. The zero-order valence-corrected chi connectivity index (χ0v) is 14.5. The molecule has 23 heavy (non-hydrogen) atoms. The van der Waals surface area contributed by atoms with Gasteiger partial charge in [-0.2, -0.15) is 0 Å². The van der Waals surface area contributed by atoms with Crippen molar-refractivity contribution >= 4 is 6.09 Å². The number of fused-ring (bicyclic) bond motifs is 1. The summed E-state index contributed by atoms with van der Waals surface area (Å²) in [6.07, 6.45) is 0.384. The van der Waals surface area contributed by atoms with E-state index in [1.54, 1.807) is 4.90 Å². The van der Waals surface area contributed by atoms with Crippen LogP contribution in [0.4, 0.5) is 4.79 Å². The van der Waals surface area contributed by atoms with Crippen molar-refractivity contribution in [2.75, 3.05) is 6.54 Å². The topological polar surface area (TPSA) is 75.8 Å². The first-order chi connectivity index (χ1) is 10.7. The lowest BCUT2D eigenvalue weighted by atomic mass is 9.90. The Labute approximate surface area is 138 Å². The molecule has 0 unspecified atom stereocenters. The standard InChI is InChI=1S/C18H28N2O3/c1-5-12-6-7-13-9-15(16(21)10-19)20(11-14(13)8-12)17(22)23-18(2,3)4/h6-8,15-16,21H,5,9-11,19H2,1-4H3/t15-,16+/m0/s1. The van der Waals surface area contributed by atoms with Crippen molar-refractivity contribution < 1.29 is 14.6 Å². The molecule has 1 aliphatic heterocycles. The van der Waals surface area contributed by atoms with Crippen LogP contribution in [0.2, 0.25) is 0 Å². The van der Waals surface area contributed by atoms with Gasteiger partial charge in [-0.25, -0.2) is 4.79 Å². The van der Waals surface area contributed by atoms with Crippen LogP contribution in [0.5, 0.6) is 0 Å². The first-order valence-corrected chi connectivity index (χ1v) is 8.23. The van der Waals surface area contributed by atoms with E-state index >= 15 is 0 Å². The number of ether oxygens (including phenoxy) is 1. The van der Waals surface area contributed by atoms with Crippen LogP contribution in [0.3, 0.4) is 0 Å². The molecule has 1 heterocycles. The van der Waals surface area contributed by atoms with Crippen LogP contribution < -0.4 is 5.73 Å². The van der Waals surface area contributed by atoms with E-state index in [2.05, 4.69) is 25.1 Å². The number of nitrogens with two attached hydrogens (primary N) is 1. The van der Waals surface area contributed by atoms with Crippen LogP contribution in [-0.4, -0.2) is 40.4 Å². The fraction of sp³-hybridized carbons (Fsp3) is 0.611. The zero-order valence-electron chi connectivity index (χ0n) is 14.5. The summed E-state index contributed by atoms with van der Waals surface area (Å²) >= 11 is 0. The van der Waals surface area contributed by atoms with Gasteiger partial charge in [-0.15, -0.1) is 0 Å². The molecular formula is C18H28N2O3. The number of carbonyl (C=O) groups excluding carboxylic acids is 1. The van der Waals surface area contributed by atoms with Crippen molar-refractivity contribution in [3.8, 4) is 0 Å². The van der Waals surface area contributed by atoms with E-state index in [9.17, 15) is 9.90 Å². The van der Waals surface area contributed by atoms with Crippen LogP contribution in [0, 0.1) is 0 Å². The van der Waals surface area contributed by atoms with Gasteiger partial charge in [-0.1, -0.05) is 25.1 Å². The molecule has 0 aromatic heterocycles. The minimum absolute atomic E-state index is 0.117. The SMILES string of the molecule is CCc1ccc2c(c1)CN(C(=O)OC(C)(C)C)[C@H]([C@H](O)CN)C2. The molecule has 5 nitrogen and oxygen atoms in total. The average Bonchev–Trinajstić information content (AvgIpc) is 2.50. The predicted molar refractivity (Wildman–Crippen MR) is 90.2 cm³/mol. The van der Waals surface area contributed by atoms with E-state index in [4.69, 9.17) is 10.5 Å². The second-order valence-electron chi connectivity index (χ2n) is 7.14. The van der Waals surface area contributed by atoms with Gasteiger partial charge in [-0.3, -0.25) is 4.90 Å². The van der Waals surface area contributed by atoms with Crippen molar-refractivity contribution in [2.24, 2.45) is 5.73 Å². The number of nitrogens with zero attached hydrogens (tertiary/aromatic N) is 1. The maximum atomic E-state index is 12.6. The maximum Gasteiger partial charge on any atom is 0.410 e. The number of hydrogen-bond acceptors (Lipinski definition) is 4. The molecule has 0 saturated heterocycles. The third-order valence-electron chi connectivity index (χ3n) is 4.16. The molecule has 3 N–H and O–H groups in total. The third-order valence-corrected chi connectivity index (χ3v) is 4.16. The van der Waals surface area contributed by atoms with E-state index in [0.29, 0.717) is 13.0 Å². The summed E-state index contributed by atoms with van der Waals surface area (Å²) in [6, 6.07) is 5.98. The fourth-order valence-electron chi connectivity index (χ4n) is 2.90. The lowest BCUT2D eigenvalue weighted by Gasteiger charge is -2.39. The summed E-state index contributed by atoms with van der Waals surface area (Å²) < 4.78 is 5.51. The highest BCUT2D eigenvalue weighted by Gasteiger charge is 2.36. The Balaban J connectivity index is 2.31. The summed E-state index contributed by atoms with van der Waals surface area (Å²) in [4.78, 5) is 14.2. The zero-order chi connectivity index (χ0) is 17.2. The van der Waals surface area contributed by atoms with Gasteiger partial charge in [0.25, 0.3) is 0 Å². The van der Waals surface area contributed by atoms with E-state index < -0.39 is 17.8 Å². The summed E-state index contributed by atoms with van der Waals surface area (Å²) in [6.45, 7) is 8.19. The molecule has 1 amide bonds. The summed E-state index contributed by atoms with van der Waals surface area (Å²) in [5.41, 5.74) is 8.59. The monoisotopic (exact) mass is 320 g/mol. The molecule has 0 fully saturated rings. The van der Waals surface area contributed by atoms with E-state index in [1.165, 1.54) is 11.1 Å². The Hall–Kier alpha value is -1.59. The number of benzene rings is 1. The number of aliphatic hydroxyl groups is 1. The Morgan fingerprint density at radius 3 is 2.70 bits per heavy atom. The summed E-state index contributed by atoms with van der Waals surface area (Å²) in [5, 5.41) is 10.3. The summed E-state index contributed by atoms with van der Waals surface area (Å²) in [5.74, 6) is 0. The van der Waals surface area contributed by atoms with Crippen molar-refractivity contribution in [1.29, 1.82) is 0 Å². The molecule has 1 aromatic rings. The van der Waals surface area contributed by atoms with Crippen molar-refractivity contribution in [1.82, 2.24) is 4.90 Å². The van der Waals surface area contributed by atoms with Gasteiger partial charge in [0.2, 0.25) is 0 Å². The van der Waals surface area contributed by atoms with Crippen LogP contribution in [0.1, 0.15) is 44.4 Å². The van der Waals surface area contributed by atoms with Gasteiger partial charge < -0.3 is 15.6 Å². The Kier molecular flexibility index (Phi) is 5.32. The highest BCUT2D eigenvalue weighted by Crippen LogP contribution is 2.28. The second kappa shape index (κ2) is 6.89. The average molecular weight is 320 g/mol. The van der Waals surface area contributed by atoms with Crippen LogP contribution >= 0.6 is 0 Å². The van der Waals surface area contributed by atoms with Gasteiger partial charge >= 0.3 is 6.09 Å². The van der Waals surface area contributed by atoms with Crippen molar-refractivity contribution in [3.05, 3.63) is 34.9 Å². The van der Waals surface area contributed by atoms with Gasteiger partial charge in [0, 0.05) is 13.1 Å². The Morgan fingerprint density at radius 2 is 2.13 bits per heavy atom. The molecule has 128 valence electrons. The molecule has 0 spiro atoms. The first-order valence-electron chi connectivity index (χ1n) is 8.23. The van der Waals surface area contributed by atoms with E-state index in [1.807, 2.05) is 20.8 Å². The largest absolute Gasteiger partial charge is 0.444 e. The van der Waals surface area contributed by atoms with Crippen molar-refractivity contribution in [3.63, 3.8) is 0 Å². The minimum Gasteiger partial charge on any atom is -0.444 e. The number of aliphatic hydroxyl groups excluding tert-OH is 1. The quantitative estimate of drug-likeness (QED) is 0.895. The Bertz CT molecular complexity index is 566. The molecular weight excluding hydrogens is 292 g/mol. The number of aryl methyl sites for hydroxylation is 1. The molecule has 1 aromatic carbocycles. The van der Waals surface area contributed by atoms with Crippen LogP contribution in [0.15, 0.2) is 18.2 Å². The Morgan fingerprint density at radius 1 is 1.43 bits per heavy atom. The van der Waals surface area contributed by atoms with Crippen LogP contribution in [-0.2, 0) is 24.1 Å². The molecule has 1 aliphatic rings. The van der Waals surface area contributed by atoms with Crippen LogP contribution in [0.25, 0.3) is 0 Å².